The maximum Gasteiger partial charge on any atom is 0.246 e. The van der Waals surface area contributed by atoms with Crippen molar-refractivity contribution in [3.05, 3.63) is 12.2 Å². The van der Waals surface area contributed by atoms with Gasteiger partial charge in [-0.15, -0.1) is 0 Å². The van der Waals surface area contributed by atoms with Gasteiger partial charge in [0.05, 0.1) is 11.7 Å². The second-order valence-electron chi connectivity index (χ2n) is 28.6. The van der Waals surface area contributed by atoms with Crippen molar-refractivity contribution >= 4 is 76.7 Å². The molecule has 0 aromatic carbocycles. The Morgan fingerprint density at radius 3 is 1.45 bits per heavy atom. The van der Waals surface area contributed by atoms with Crippen molar-refractivity contribution in [3.8, 4) is 0 Å². The third kappa shape index (κ3) is 25.5. The number of rotatable bonds is 23. The van der Waals surface area contributed by atoms with E-state index in [2.05, 4.69) is 21.3 Å². The molecule has 1 fully saturated rings. The molecule has 1 aliphatic heterocycles. The predicted molar refractivity (Wildman–Crippen MR) is 372 cm³/mol. The van der Waals surface area contributed by atoms with Gasteiger partial charge in [0.15, 0.2) is 0 Å². The lowest BCUT2D eigenvalue weighted by Gasteiger charge is -2.41. The lowest BCUT2D eigenvalue weighted by molar-refractivity contribution is -0.157. The van der Waals surface area contributed by atoms with E-state index in [9.17, 15) is 24.3 Å². The number of aliphatic hydroxyl groups is 1. The molecule has 0 aromatic heterocycles. The quantitative estimate of drug-likeness (QED) is 0.0692. The van der Waals surface area contributed by atoms with Crippen molar-refractivity contribution < 1.29 is 67.3 Å². The van der Waals surface area contributed by atoms with E-state index in [-0.39, 0.29) is 55.6 Å². The van der Waals surface area contributed by atoms with Gasteiger partial charge in [0.25, 0.3) is 0 Å². The number of ether oxygens (including phenoxy) is 2. The van der Waals surface area contributed by atoms with Gasteiger partial charge in [0, 0.05) is 82.3 Å². The Morgan fingerprint density at radius 1 is 0.516 bits per heavy atom. The number of nitrogens with zero attached hydrogens (tertiary/aromatic N) is 7. The molecule has 1 saturated heterocycles. The van der Waals surface area contributed by atoms with Gasteiger partial charge in [-0.05, 0) is 121 Å². The Labute approximate surface area is 573 Å². The summed E-state index contributed by atoms with van der Waals surface area (Å²) in [6, 6.07) is -14.1. The number of allylic oxidation sites excluding steroid dienone is 2. The van der Waals surface area contributed by atoms with Gasteiger partial charge < -0.3 is 70.1 Å². The zero-order chi connectivity index (χ0) is 73.4. The SMILES string of the molecule is CC=CC[C@@H](C)[C@@H](O)[C@H]1C(=O)N[C@@H](CC)C(=O)N(C)[C@H](CSCCCCOC)C(=O)N(C)[C@@H](CC(C)(C)OC)C(=O)N[C@@H](C(C)C)C(=O)N(C)[C@@H](CC(C)C)C(=O)N[C@@H](C)C(=O)N[C@H](C)C(=O)N(C)[C@@H](CC(C)C)C(=O)N(C)[C@@H](CC(C)C)C(=O)N(C)[C@@H](C(C)C)C(=O)N1C. The maximum absolute atomic E-state index is 15.4. The number of methoxy groups -OCH3 is 2. The minimum atomic E-state index is -1.65. The third-order valence-corrected chi connectivity index (χ3v) is 19.2. The highest BCUT2D eigenvalue weighted by Gasteiger charge is 2.47. The van der Waals surface area contributed by atoms with Crippen molar-refractivity contribution in [1.82, 2.24) is 55.6 Å². The summed E-state index contributed by atoms with van der Waals surface area (Å²) in [5.74, 6) is -9.35. The molecule has 25 nitrogen and oxygen atoms in total. The minimum Gasteiger partial charge on any atom is -0.390 e. The van der Waals surface area contributed by atoms with E-state index in [0.717, 1.165) is 11.3 Å². The average Bonchev–Trinajstić information content (AvgIpc) is 0.816. The van der Waals surface area contributed by atoms with Gasteiger partial charge in [-0.2, -0.15) is 11.8 Å². The van der Waals surface area contributed by atoms with Gasteiger partial charge in [0.2, 0.25) is 65.0 Å². The largest absolute Gasteiger partial charge is 0.390 e. The summed E-state index contributed by atoms with van der Waals surface area (Å²) >= 11 is 1.40. The summed E-state index contributed by atoms with van der Waals surface area (Å²) in [7, 11) is 13.1. The first-order valence-electron chi connectivity index (χ1n) is 34.0. The predicted octanol–water partition coefficient (Wildman–Crippen LogP) is 4.57. The summed E-state index contributed by atoms with van der Waals surface area (Å²) in [6.45, 7) is 30.1. The van der Waals surface area contributed by atoms with Gasteiger partial charge in [-0.25, -0.2) is 0 Å². The number of hydrogen-bond donors (Lipinski definition) is 5. The minimum absolute atomic E-state index is 0.0133. The zero-order valence-electron chi connectivity index (χ0n) is 62.6. The number of carbonyl (C=O) groups is 11. The van der Waals surface area contributed by atoms with E-state index in [1.165, 1.54) is 111 Å². The fourth-order valence-electron chi connectivity index (χ4n) is 11.7. The molecule has 1 heterocycles. The van der Waals surface area contributed by atoms with E-state index < -0.39 is 161 Å². The molecule has 0 radical (unpaired) electrons. The normalized spacial score (nSPS) is 26.3. The van der Waals surface area contributed by atoms with Crippen LogP contribution in [0.25, 0.3) is 0 Å². The molecule has 0 aliphatic carbocycles. The molecule has 1 rings (SSSR count). The smallest absolute Gasteiger partial charge is 0.246 e. The van der Waals surface area contributed by atoms with Crippen LogP contribution in [0, 0.1) is 35.5 Å². The van der Waals surface area contributed by atoms with Crippen LogP contribution in [0.5, 0.6) is 0 Å². The topological polar surface area (TPSA) is 297 Å². The van der Waals surface area contributed by atoms with Crippen LogP contribution < -0.4 is 21.3 Å². The van der Waals surface area contributed by atoms with Crippen LogP contribution in [0.15, 0.2) is 12.2 Å². The first kappa shape index (κ1) is 87.2. The van der Waals surface area contributed by atoms with Crippen LogP contribution in [0.4, 0.5) is 0 Å². The number of nitrogens with one attached hydrogen (secondary N) is 4. The lowest BCUT2D eigenvalue weighted by Crippen LogP contribution is -2.64. The molecular formula is C69H125N11O14S. The van der Waals surface area contributed by atoms with Crippen LogP contribution in [0.2, 0.25) is 0 Å². The van der Waals surface area contributed by atoms with Gasteiger partial charge in [0.1, 0.15) is 66.5 Å². The van der Waals surface area contributed by atoms with E-state index in [0.29, 0.717) is 25.2 Å². The number of unbranched alkanes of at least 4 members (excludes halogenated alkanes) is 1. The molecule has 0 saturated carbocycles. The molecule has 0 spiro atoms. The summed E-state index contributed by atoms with van der Waals surface area (Å²) in [4.78, 5) is 173. The molecule has 546 valence electrons. The number of likely N-dealkylation sites (N-methyl/N-ethyl adjacent to an activating group) is 7. The molecule has 95 heavy (non-hydrogen) atoms. The van der Waals surface area contributed by atoms with Crippen molar-refractivity contribution in [2.75, 3.05) is 81.7 Å². The van der Waals surface area contributed by atoms with Crippen molar-refractivity contribution in [2.24, 2.45) is 35.5 Å². The number of thioether (sulfide) groups is 1. The second kappa shape index (κ2) is 40.8. The summed E-state index contributed by atoms with van der Waals surface area (Å²) in [5, 5.41) is 23.5. The summed E-state index contributed by atoms with van der Waals surface area (Å²) in [5.41, 5.74) is -1.04. The molecule has 26 heteroatoms. The highest BCUT2D eigenvalue weighted by molar-refractivity contribution is 7.99. The van der Waals surface area contributed by atoms with Crippen LogP contribution in [0.1, 0.15) is 169 Å². The standard InChI is InChI=1S/C69H125N11O14S/c1-27-29-32-45(13)57(81)56-61(85)72-48(28-2)63(87)78(22)53(39-95-34-31-30-33-93-25)66(90)77(21)52(38-69(16,17)94-26)60(84)73-54(43(9)10)67(91)74(18)49(35-40(3)4)59(83)70-46(14)58(82)71-47(15)62(86)75(19)50(36-41(5)6)64(88)76(20)51(37-42(7)8)65(89)79(23)55(44(11)12)68(92)80(56)24/h27,29,40-57,81H,28,30-39H2,1-26H3,(H,70,83)(H,71,82)(H,72,85)(H,73,84)/t45-,46+,47-,48+,49+,50+,51+,52+,53-,54+,55+,56+,57-/m1/s1. The fraction of sp³-hybridized carbons (Fsp3) is 0.812. The first-order chi connectivity index (χ1) is 44.0. The molecule has 0 unspecified atom stereocenters. The summed E-state index contributed by atoms with van der Waals surface area (Å²) < 4.78 is 11.1. The van der Waals surface area contributed by atoms with Crippen molar-refractivity contribution in [1.29, 1.82) is 0 Å². The Balaban J connectivity index is 4.59. The van der Waals surface area contributed by atoms with Crippen LogP contribution in [-0.4, -0.2) is 264 Å². The van der Waals surface area contributed by atoms with Crippen LogP contribution >= 0.6 is 11.8 Å². The number of amides is 11. The van der Waals surface area contributed by atoms with Crippen LogP contribution in [0.3, 0.4) is 0 Å². The van der Waals surface area contributed by atoms with E-state index >= 15 is 33.6 Å². The molecular weight excluding hydrogens is 1240 g/mol. The van der Waals surface area contributed by atoms with Gasteiger partial charge in [-0.1, -0.05) is 95.2 Å². The highest BCUT2D eigenvalue weighted by Crippen LogP contribution is 2.27. The Morgan fingerprint density at radius 2 is 0.968 bits per heavy atom. The second-order valence-corrected chi connectivity index (χ2v) is 29.8. The third-order valence-electron chi connectivity index (χ3n) is 18.1. The van der Waals surface area contributed by atoms with Crippen LogP contribution in [-0.2, 0) is 62.2 Å². The van der Waals surface area contributed by atoms with Crippen molar-refractivity contribution in [2.45, 2.75) is 247 Å². The molecule has 13 atom stereocenters. The highest BCUT2D eigenvalue weighted by atomic mass is 32.2. The Hall–Kier alpha value is -5.86. The molecule has 0 aromatic rings. The first-order valence-corrected chi connectivity index (χ1v) is 35.2. The van der Waals surface area contributed by atoms with Crippen molar-refractivity contribution in [3.63, 3.8) is 0 Å². The molecule has 11 amide bonds. The fourth-order valence-corrected chi connectivity index (χ4v) is 12.9. The van der Waals surface area contributed by atoms with Gasteiger partial charge in [-0.3, -0.25) is 52.7 Å². The van der Waals surface area contributed by atoms with E-state index in [1.807, 2.05) is 47.6 Å². The molecule has 1 aliphatic rings. The number of carbonyl (C=O) groups excluding carboxylic acids is 11. The maximum atomic E-state index is 15.4. The molecule has 5 N–H and O–H groups in total. The summed E-state index contributed by atoms with van der Waals surface area (Å²) in [6.07, 6.45) is 4.09. The zero-order valence-corrected chi connectivity index (χ0v) is 63.4. The Bertz CT molecular complexity index is 2570. The Kier molecular flexibility index (Phi) is 37.4. The number of hydrogen-bond acceptors (Lipinski definition) is 15. The average molecular weight is 1360 g/mol. The lowest BCUT2D eigenvalue weighted by atomic mass is 9.91. The monoisotopic (exact) mass is 1360 g/mol. The van der Waals surface area contributed by atoms with Gasteiger partial charge >= 0.3 is 0 Å². The number of aliphatic hydroxyl groups excluding tert-OH is 1. The van der Waals surface area contributed by atoms with E-state index in [4.69, 9.17) is 9.47 Å². The van der Waals surface area contributed by atoms with E-state index in [1.54, 1.807) is 75.5 Å². The molecule has 0 bridgehead atoms.